The van der Waals surface area contributed by atoms with Crippen molar-refractivity contribution in [1.29, 1.82) is 0 Å². The molecule has 0 aromatic heterocycles. The maximum atomic E-state index is 2.46. The summed E-state index contributed by atoms with van der Waals surface area (Å²) in [6.45, 7) is 0. The number of benzene rings is 10. The second-order valence-electron chi connectivity index (χ2n) is 14.1. The van der Waals surface area contributed by atoms with E-state index in [-0.39, 0.29) is 0 Å². The SMILES string of the molecule is c1ccc(-c2ccc(-c3ccccc3N(c3cc(-c4ccccc4)cc(-c4ccccc4)c3)c3ccc4c5ccccc5c5ccccc5c4c3)cc2)cc1. The summed E-state index contributed by atoms with van der Waals surface area (Å²) < 4.78 is 0. The molecule has 0 N–H and O–H groups in total. The summed E-state index contributed by atoms with van der Waals surface area (Å²) in [5.41, 5.74) is 12.8. The topological polar surface area (TPSA) is 3.24 Å². The summed E-state index contributed by atoms with van der Waals surface area (Å²) in [6.07, 6.45) is 0. The van der Waals surface area contributed by atoms with Crippen molar-refractivity contribution in [2.45, 2.75) is 0 Å². The van der Waals surface area contributed by atoms with Gasteiger partial charge in [-0.1, -0.05) is 188 Å². The van der Waals surface area contributed by atoms with Gasteiger partial charge in [0.15, 0.2) is 0 Å². The molecule has 55 heavy (non-hydrogen) atoms. The Morgan fingerprint density at radius 2 is 0.618 bits per heavy atom. The Hall–Kier alpha value is -7.22. The minimum atomic E-state index is 1.10. The highest BCUT2D eigenvalue weighted by molar-refractivity contribution is 6.25. The standard InChI is InChI=1S/C54H37N/c1-4-16-38(17-5-1)41-28-30-42(31-29-41)47-22-14-15-27-54(47)55(46-35-43(39-18-6-2-7-19-39)34-44(36-46)40-20-8-3-9-21-40)45-32-33-52-50-25-11-10-23-48(50)49-24-12-13-26-51(49)53(52)37-45/h1-37H. The van der Waals surface area contributed by atoms with Gasteiger partial charge in [0.25, 0.3) is 0 Å². The van der Waals surface area contributed by atoms with E-state index in [0.717, 1.165) is 22.6 Å². The van der Waals surface area contributed by atoms with Crippen LogP contribution in [-0.2, 0) is 0 Å². The second kappa shape index (κ2) is 14.0. The molecule has 0 aliphatic carbocycles. The summed E-state index contributed by atoms with van der Waals surface area (Å²) in [6, 6.07) is 81.5. The van der Waals surface area contributed by atoms with Gasteiger partial charge in [-0.05, 0) is 108 Å². The molecule has 10 rings (SSSR count). The Labute approximate surface area is 322 Å². The molecule has 0 saturated heterocycles. The van der Waals surface area contributed by atoms with Gasteiger partial charge in [-0.3, -0.25) is 0 Å². The zero-order chi connectivity index (χ0) is 36.6. The number of fused-ring (bicyclic) bond motifs is 6. The van der Waals surface area contributed by atoms with E-state index in [9.17, 15) is 0 Å². The van der Waals surface area contributed by atoms with E-state index < -0.39 is 0 Å². The number of nitrogens with zero attached hydrogens (tertiary/aromatic N) is 1. The van der Waals surface area contributed by atoms with Crippen molar-refractivity contribution in [2.24, 2.45) is 0 Å². The largest absolute Gasteiger partial charge is 0.310 e. The van der Waals surface area contributed by atoms with Crippen molar-refractivity contribution in [3.05, 3.63) is 224 Å². The summed E-state index contributed by atoms with van der Waals surface area (Å²) in [5, 5.41) is 7.57. The van der Waals surface area contributed by atoms with Gasteiger partial charge in [0.1, 0.15) is 0 Å². The fraction of sp³-hybridized carbons (Fsp3) is 0. The molecule has 0 fully saturated rings. The van der Waals surface area contributed by atoms with Crippen LogP contribution < -0.4 is 4.90 Å². The fourth-order valence-electron chi connectivity index (χ4n) is 8.18. The Morgan fingerprint density at radius 1 is 0.218 bits per heavy atom. The van der Waals surface area contributed by atoms with E-state index in [2.05, 4.69) is 229 Å². The maximum Gasteiger partial charge on any atom is 0.0540 e. The van der Waals surface area contributed by atoms with Crippen LogP contribution in [0, 0.1) is 0 Å². The van der Waals surface area contributed by atoms with Crippen LogP contribution in [0.2, 0.25) is 0 Å². The number of hydrogen-bond donors (Lipinski definition) is 0. The van der Waals surface area contributed by atoms with Gasteiger partial charge in [0.2, 0.25) is 0 Å². The molecule has 0 saturated carbocycles. The lowest BCUT2D eigenvalue weighted by Gasteiger charge is -2.29. The van der Waals surface area contributed by atoms with E-state index >= 15 is 0 Å². The Kier molecular flexibility index (Phi) is 8.24. The smallest absolute Gasteiger partial charge is 0.0540 e. The second-order valence-corrected chi connectivity index (χ2v) is 14.1. The summed E-state index contributed by atoms with van der Waals surface area (Å²) in [7, 11) is 0. The predicted molar refractivity (Wildman–Crippen MR) is 235 cm³/mol. The number of para-hydroxylation sites is 1. The van der Waals surface area contributed by atoms with E-state index in [0.29, 0.717) is 0 Å². The molecule has 10 aromatic rings. The van der Waals surface area contributed by atoms with Gasteiger partial charge in [-0.15, -0.1) is 0 Å². The quantitative estimate of drug-likeness (QED) is 0.150. The average molecular weight is 700 g/mol. The molecule has 0 atom stereocenters. The summed E-state index contributed by atoms with van der Waals surface area (Å²) >= 11 is 0. The van der Waals surface area contributed by atoms with Crippen LogP contribution in [0.25, 0.3) is 76.8 Å². The highest BCUT2D eigenvalue weighted by Gasteiger charge is 2.21. The predicted octanol–water partition coefficient (Wildman–Crippen LogP) is 15.3. The van der Waals surface area contributed by atoms with E-state index in [1.807, 2.05) is 0 Å². The minimum absolute atomic E-state index is 1.10. The van der Waals surface area contributed by atoms with Gasteiger partial charge in [0, 0.05) is 16.9 Å². The van der Waals surface area contributed by atoms with Gasteiger partial charge in [-0.25, -0.2) is 0 Å². The normalized spacial score (nSPS) is 11.3. The molecule has 0 aliphatic rings. The van der Waals surface area contributed by atoms with Crippen LogP contribution in [0.15, 0.2) is 224 Å². The van der Waals surface area contributed by atoms with Crippen LogP contribution in [0.1, 0.15) is 0 Å². The first-order valence-corrected chi connectivity index (χ1v) is 18.9. The molecular formula is C54H37N. The molecule has 0 bridgehead atoms. The monoisotopic (exact) mass is 699 g/mol. The highest BCUT2D eigenvalue weighted by atomic mass is 15.1. The molecule has 0 heterocycles. The summed E-state index contributed by atoms with van der Waals surface area (Å²) in [4.78, 5) is 2.46. The third kappa shape index (κ3) is 6.02. The van der Waals surface area contributed by atoms with Gasteiger partial charge >= 0.3 is 0 Å². The third-order valence-electron chi connectivity index (χ3n) is 10.8. The van der Waals surface area contributed by atoms with Crippen LogP contribution in [-0.4, -0.2) is 0 Å². The molecule has 0 unspecified atom stereocenters. The molecule has 0 radical (unpaired) electrons. The number of anilines is 3. The Morgan fingerprint density at radius 3 is 1.16 bits per heavy atom. The molecule has 0 spiro atoms. The van der Waals surface area contributed by atoms with Gasteiger partial charge < -0.3 is 4.90 Å². The first-order chi connectivity index (χ1) is 27.3. The van der Waals surface area contributed by atoms with Crippen LogP contribution in [0.3, 0.4) is 0 Å². The van der Waals surface area contributed by atoms with Crippen LogP contribution >= 0.6 is 0 Å². The molecule has 10 aromatic carbocycles. The van der Waals surface area contributed by atoms with Crippen molar-refractivity contribution in [3.63, 3.8) is 0 Å². The van der Waals surface area contributed by atoms with E-state index in [1.165, 1.54) is 71.3 Å². The lowest BCUT2D eigenvalue weighted by Crippen LogP contribution is -2.11. The fourth-order valence-corrected chi connectivity index (χ4v) is 8.18. The molecule has 258 valence electrons. The molecule has 1 nitrogen and oxygen atoms in total. The zero-order valence-electron chi connectivity index (χ0n) is 30.3. The van der Waals surface area contributed by atoms with E-state index in [1.54, 1.807) is 0 Å². The highest BCUT2D eigenvalue weighted by Crippen LogP contribution is 2.46. The van der Waals surface area contributed by atoms with Gasteiger partial charge in [-0.2, -0.15) is 0 Å². The number of hydrogen-bond acceptors (Lipinski definition) is 1. The van der Waals surface area contributed by atoms with Crippen molar-refractivity contribution in [1.82, 2.24) is 0 Å². The molecule has 1 heteroatoms. The molecular weight excluding hydrogens is 663 g/mol. The average Bonchev–Trinajstić information content (AvgIpc) is 3.28. The lowest BCUT2D eigenvalue weighted by molar-refractivity contribution is 1.29. The van der Waals surface area contributed by atoms with Crippen molar-refractivity contribution in [3.8, 4) is 44.5 Å². The Bertz CT molecular complexity index is 2860. The molecule has 0 aliphatic heterocycles. The lowest BCUT2D eigenvalue weighted by atomic mass is 9.93. The maximum absolute atomic E-state index is 2.46. The van der Waals surface area contributed by atoms with Crippen LogP contribution in [0.4, 0.5) is 17.1 Å². The third-order valence-corrected chi connectivity index (χ3v) is 10.8. The first kappa shape index (κ1) is 32.4. The first-order valence-electron chi connectivity index (χ1n) is 18.9. The van der Waals surface area contributed by atoms with Gasteiger partial charge in [0.05, 0.1) is 5.69 Å². The molecule has 0 amide bonds. The minimum Gasteiger partial charge on any atom is -0.310 e. The Balaban J connectivity index is 1.24. The van der Waals surface area contributed by atoms with Crippen molar-refractivity contribution >= 4 is 49.4 Å². The van der Waals surface area contributed by atoms with Crippen LogP contribution in [0.5, 0.6) is 0 Å². The number of rotatable bonds is 7. The summed E-state index contributed by atoms with van der Waals surface area (Å²) in [5.74, 6) is 0. The van der Waals surface area contributed by atoms with E-state index in [4.69, 9.17) is 0 Å². The van der Waals surface area contributed by atoms with Crippen molar-refractivity contribution in [2.75, 3.05) is 4.90 Å². The zero-order valence-corrected chi connectivity index (χ0v) is 30.3. The van der Waals surface area contributed by atoms with Crippen molar-refractivity contribution < 1.29 is 0 Å².